The molecule has 0 spiro atoms. The molecule has 0 aromatic heterocycles. The van der Waals surface area contributed by atoms with Crippen LogP contribution in [0.3, 0.4) is 0 Å². The second kappa shape index (κ2) is 7.82. The third-order valence-corrected chi connectivity index (χ3v) is 4.18. The van der Waals surface area contributed by atoms with Gasteiger partial charge in [0.2, 0.25) is 0 Å². The second-order valence-electron chi connectivity index (χ2n) is 6.07. The van der Waals surface area contributed by atoms with Crippen molar-refractivity contribution in [1.29, 1.82) is 0 Å². The van der Waals surface area contributed by atoms with Gasteiger partial charge in [0, 0.05) is 13.6 Å². The number of carbonyl (C=O) groups excluding carboxylic acids is 2. The third-order valence-electron chi connectivity index (χ3n) is 4.18. The Balaban J connectivity index is 1.60. The van der Waals surface area contributed by atoms with Gasteiger partial charge in [-0.15, -0.1) is 0 Å². The number of rotatable bonds is 6. The normalized spacial score (nSPS) is 13.7. The molecular weight excluding hydrogens is 348 g/mol. The van der Waals surface area contributed by atoms with E-state index in [1.807, 2.05) is 36.4 Å². The quantitative estimate of drug-likeness (QED) is 0.817. The molecule has 0 bridgehead atoms. The van der Waals surface area contributed by atoms with E-state index in [9.17, 15) is 14.7 Å². The largest absolute Gasteiger partial charge is 0.503 e. The van der Waals surface area contributed by atoms with Crippen LogP contribution >= 0.6 is 0 Å². The zero-order valence-electron chi connectivity index (χ0n) is 15.1. The van der Waals surface area contributed by atoms with Crippen LogP contribution in [0.1, 0.15) is 5.56 Å². The van der Waals surface area contributed by atoms with Crippen LogP contribution in [0.25, 0.3) is 0 Å². The molecule has 27 heavy (non-hydrogen) atoms. The molecule has 0 aliphatic carbocycles. The van der Waals surface area contributed by atoms with Crippen molar-refractivity contribution < 1.29 is 24.2 Å². The number of amides is 2. The van der Waals surface area contributed by atoms with Gasteiger partial charge in [0.1, 0.15) is 5.75 Å². The maximum absolute atomic E-state index is 12.2. The van der Waals surface area contributed by atoms with E-state index in [2.05, 4.69) is 5.32 Å². The highest BCUT2D eigenvalue weighted by molar-refractivity contribution is 6.06. The molecule has 1 aliphatic heterocycles. The Morgan fingerprint density at radius 3 is 2.41 bits per heavy atom. The first-order valence-corrected chi connectivity index (χ1v) is 8.35. The number of aliphatic hydroxyl groups excluding tert-OH is 1. The van der Waals surface area contributed by atoms with Crippen molar-refractivity contribution in [2.24, 2.45) is 0 Å². The standard InChI is InChI=1S/C20H20N2O5/c1-22-12-15(18(23)20(22)25)19(24)21-11-13-7-9-14(10-8-13)27-17-6-4-3-5-16(17)26-2/h3-10,23H,11-12H2,1-2H3,(H,21,24). The fourth-order valence-electron chi connectivity index (χ4n) is 2.67. The topological polar surface area (TPSA) is 88.1 Å². The number of hydrogen-bond acceptors (Lipinski definition) is 5. The Morgan fingerprint density at radius 1 is 1.15 bits per heavy atom. The predicted molar refractivity (Wildman–Crippen MR) is 98.6 cm³/mol. The molecule has 0 atom stereocenters. The van der Waals surface area contributed by atoms with Gasteiger partial charge >= 0.3 is 0 Å². The van der Waals surface area contributed by atoms with Crippen LogP contribution in [0.4, 0.5) is 0 Å². The van der Waals surface area contributed by atoms with E-state index >= 15 is 0 Å². The summed E-state index contributed by atoms with van der Waals surface area (Å²) in [6, 6.07) is 14.6. The molecule has 2 aromatic carbocycles. The number of aliphatic hydroxyl groups is 1. The lowest BCUT2D eigenvalue weighted by molar-refractivity contribution is -0.126. The summed E-state index contributed by atoms with van der Waals surface area (Å²) in [6.45, 7) is 0.366. The van der Waals surface area contributed by atoms with Crippen molar-refractivity contribution in [1.82, 2.24) is 10.2 Å². The minimum Gasteiger partial charge on any atom is -0.503 e. The highest BCUT2D eigenvalue weighted by Crippen LogP contribution is 2.30. The van der Waals surface area contributed by atoms with Gasteiger partial charge in [-0.05, 0) is 29.8 Å². The fraction of sp³-hybridized carbons (Fsp3) is 0.200. The summed E-state index contributed by atoms with van der Waals surface area (Å²) in [5.41, 5.74) is 0.937. The van der Waals surface area contributed by atoms with Crippen LogP contribution in [-0.2, 0) is 16.1 Å². The number of nitrogens with zero attached hydrogens (tertiary/aromatic N) is 1. The van der Waals surface area contributed by atoms with Crippen molar-refractivity contribution in [3.63, 3.8) is 0 Å². The van der Waals surface area contributed by atoms with Crippen LogP contribution in [-0.4, -0.2) is 42.5 Å². The molecule has 2 aromatic rings. The number of nitrogens with one attached hydrogen (secondary N) is 1. The van der Waals surface area contributed by atoms with E-state index in [-0.39, 0.29) is 18.7 Å². The van der Waals surface area contributed by atoms with E-state index in [1.165, 1.54) is 11.9 Å². The number of likely N-dealkylation sites (N-methyl/N-ethyl adjacent to an activating group) is 1. The van der Waals surface area contributed by atoms with Crippen molar-refractivity contribution in [2.75, 3.05) is 20.7 Å². The molecular formula is C20H20N2O5. The highest BCUT2D eigenvalue weighted by Gasteiger charge is 2.31. The number of methoxy groups -OCH3 is 1. The Morgan fingerprint density at radius 2 is 1.81 bits per heavy atom. The number of para-hydroxylation sites is 2. The molecule has 7 nitrogen and oxygen atoms in total. The Kier molecular flexibility index (Phi) is 5.30. The number of ether oxygens (including phenoxy) is 2. The van der Waals surface area contributed by atoms with Crippen LogP contribution in [0.15, 0.2) is 59.9 Å². The highest BCUT2D eigenvalue weighted by atomic mass is 16.5. The van der Waals surface area contributed by atoms with Gasteiger partial charge in [0.25, 0.3) is 11.8 Å². The first-order valence-electron chi connectivity index (χ1n) is 8.35. The average Bonchev–Trinajstić information content (AvgIpc) is 2.95. The van der Waals surface area contributed by atoms with Gasteiger partial charge < -0.3 is 24.8 Å². The van der Waals surface area contributed by atoms with Crippen molar-refractivity contribution in [2.45, 2.75) is 6.54 Å². The fourth-order valence-corrected chi connectivity index (χ4v) is 2.67. The Hall–Kier alpha value is -3.48. The lowest BCUT2D eigenvalue weighted by Crippen LogP contribution is -2.27. The molecule has 1 aliphatic rings. The molecule has 0 saturated heterocycles. The van der Waals surface area contributed by atoms with E-state index in [1.54, 1.807) is 19.2 Å². The minimum atomic E-state index is -0.544. The zero-order chi connectivity index (χ0) is 19.4. The van der Waals surface area contributed by atoms with E-state index in [0.717, 1.165) is 5.56 Å². The van der Waals surface area contributed by atoms with Crippen molar-refractivity contribution >= 4 is 11.8 Å². The number of carbonyl (C=O) groups is 2. The molecule has 3 rings (SSSR count). The maximum Gasteiger partial charge on any atom is 0.289 e. The van der Waals surface area contributed by atoms with E-state index in [4.69, 9.17) is 9.47 Å². The summed E-state index contributed by atoms with van der Waals surface area (Å²) in [5.74, 6) is 0.391. The summed E-state index contributed by atoms with van der Waals surface area (Å²) in [7, 11) is 3.11. The zero-order valence-corrected chi connectivity index (χ0v) is 15.1. The van der Waals surface area contributed by atoms with Gasteiger partial charge in [-0.1, -0.05) is 24.3 Å². The lowest BCUT2D eigenvalue weighted by Gasteiger charge is -2.11. The molecule has 0 radical (unpaired) electrons. The Bertz CT molecular complexity index is 890. The van der Waals surface area contributed by atoms with Gasteiger partial charge in [-0.25, -0.2) is 0 Å². The molecule has 2 N–H and O–H groups in total. The van der Waals surface area contributed by atoms with Gasteiger partial charge in [0.05, 0.1) is 19.2 Å². The summed E-state index contributed by atoms with van der Waals surface area (Å²) in [4.78, 5) is 25.0. The average molecular weight is 368 g/mol. The summed E-state index contributed by atoms with van der Waals surface area (Å²) < 4.78 is 11.1. The smallest absolute Gasteiger partial charge is 0.289 e. The van der Waals surface area contributed by atoms with Crippen molar-refractivity contribution in [3.8, 4) is 17.2 Å². The van der Waals surface area contributed by atoms with Crippen molar-refractivity contribution in [3.05, 3.63) is 65.4 Å². The SMILES string of the molecule is COc1ccccc1Oc1ccc(CNC(=O)C2=C(O)C(=O)N(C)C2)cc1. The van der Waals surface area contributed by atoms with Gasteiger partial charge in [0.15, 0.2) is 17.3 Å². The van der Waals surface area contributed by atoms with Crippen LogP contribution < -0.4 is 14.8 Å². The minimum absolute atomic E-state index is 0.0821. The van der Waals surface area contributed by atoms with Crippen LogP contribution in [0, 0.1) is 0 Å². The van der Waals surface area contributed by atoms with Crippen LogP contribution in [0.5, 0.6) is 17.2 Å². The molecule has 2 amide bonds. The lowest BCUT2D eigenvalue weighted by atomic mass is 10.2. The molecule has 1 heterocycles. The summed E-state index contributed by atoms with van der Waals surface area (Å²) in [6.07, 6.45) is 0. The molecule has 0 unspecified atom stereocenters. The number of benzene rings is 2. The van der Waals surface area contributed by atoms with Gasteiger partial charge in [-0.3, -0.25) is 9.59 Å². The molecule has 0 saturated carbocycles. The Labute approximate surface area is 156 Å². The number of hydrogen-bond donors (Lipinski definition) is 2. The summed E-state index contributed by atoms with van der Waals surface area (Å²) >= 11 is 0. The van der Waals surface area contributed by atoms with E-state index in [0.29, 0.717) is 17.2 Å². The predicted octanol–water partition coefficient (Wildman–Crippen LogP) is 2.39. The first kappa shape index (κ1) is 18.3. The summed E-state index contributed by atoms with van der Waals surface area (Å²) in [5, 5.41) is 12.4. The second-order valence-corrected chi connectivity index (χ2v) is 6.07. The maximum atomic E-state index is 12.2. The molecule has 0 fully saturated rings. The third kappa shape index (κ3) is 4.03. The monoisotopic (exact) mass is 368 g/mol. The van der Waals surface area contributed by atoms with Gasteiger partial charge in [-0.2, -0.15) is 0 Å². The molecule has 7 heteroatoms. The van der Waals surface area contributed by atoms with E-state index < -0.39 is 17.6 Å². The molecule has 140 valence electrons. The van der Waals surface area contributed by atoms with Crippen LogP contribution in [0.2, 0.25) is 0 Å². The first-order chi connectivity index (χ1) is 13.0.